The van der Waals surface area contributed by atoms with Gasteiger partial charge in [-0.15, -0.1) is 6.42 Å². The van der Waals surface area contributed by atoms with Crippen LogP contribution in [0.15, 0.2) is 48.5 Å². The van der Waals surface area contributed by atoms with Crippen LogP contribution in [-0.2, 0) is 9.59 Å². The van der Waals surface area contributed by atoms with Gasteiger partial charge in [-0.05, 0) is 80.1 Å². The summed E-state index contributed by atoms with van der Waals surface area (Å²) in [7, 11) is 0. The van der Waals surface area contributed by atoms with Crippen molar-refractivity contribution in [3.05, 3.63) is 59.1 Å². The molecule has 31 heavy (non-hydrogen) atoms. The maximum Gasteiger partial charge on any atom is 0.258 e. The molecule has 5 nitrogen and oxygen atoms in total. The number of ether oxygens (including phenoxy) is 2. The second-order valence-electron chi connectivity index (χ2n) is 7.73. The fraction of sp³-hybridized carbons (Fsp3) is 0.360. The zero-order valence-electron chi connectivity index (χ0n) is 17.3. The molecule has 0 aromatic heterocycles. The van der Waals surface area contributed by atoms with Crippen molar-refractivity contribution >= 4 is 23.3 Å². The van der Waals surface area contributed by atoms with Gasteiger partial charge < -0.3 is 14.8 Å². The third-order valence-electron chi connectivity index (χ3n) is 5.33. The number of halogens is 1. The van der Waals surface area contributed by atoms with Crippen molar-refractivity contribution in [1.82, 2.24) is 5.32 Å². The van der Waals surface area contributed by atoms with Gasteiger partial charge in [0, 0.05) is 23.0 Å². The molecule has 0 spiro atoms. The predicted octanol–water partition coefficient (Wildman–Crippen LogP) is 4.41. The molecular formula is C25H26ClNO4. The summed E-state index contributed by atoms with van der Waals surface area (Å²) in [4.78, 5) is 24.4. The average Bonchev–Trinajstić information content (AvgIpc) is 2.79. The van der Waals surface area contributed by atoms with Crippen LogP contribution in [0.2, 0.25) is 5.02 Å². The van der Waals surface area contributed by atoms with E-state index in [1.54, 1.807) is 48.5 Å². The minimum absolute atomic E-state index is 0.0319. The van der Waals surface area contributed by atoms with Gasteiger partial charge in [0.1, 0.15) is 18.1 Å². The first kappa shape index (κ1) is 22.7. The Morgan fingerprint density at radius 2 is 1.52 bits per heavy atom. The van der Waals surface area contributed by atoms with Crippen LogP contribution in [0, 0.1) is 18.3 Å². The summed E-state index contributed by atoms with van der Waals surface area (Å²) in [6.45, 7) is 0.0355. The van der Waals surface area contributed by atoms with Gasteiger partial charge in [0.05, 0.1) is 0 Å². The SMILES string of the molecule is C#Cc1ccc(OCC(=O)NC2CCC(CC(=O)COc3ccc(Cl)cc3)CC2)cc1. The number of hydrogen-bond donors (Lipinski definition) is 1. The molecule has 0 heterocycles. The lowest BCUT2D eigenvalue weighted by molar-refractivity contribution is -0.125. The van der Waals surface area contributed by atoms with Crippen LogP contribution in [-0.4, -0.2) is 30.9 Å². The Labute approximate surface area is 188 Å². The van der Waals surface area contributed by atoms with Gasteiger partial charge in [0.25, 0.3) is 5.91 Å². The fourth-order valence-electron chi connectivity index (χ4n) is 3.65. The molecule has 162 valence electrons. The number of ketones is 1. The van der Waals surface area contributed by atoms with E-state index in [4.69, 9.17) is 27.5 Å². The Hall–Kier alpha value is -2.97. The van der Waals surface area contributed by atoms with E-state index in [-0.39, 0.29) is 30.9 Å². The van der Waals surface area contributed by atoms with Gasteiger partial charge in [-0.2, -0.15) is 0 Å². The lowest BCUT2D eigenvalue weighted by Gasteiger charge is -2.28. The molecule has 0 radical (unpaired) electrons. The van der Waals surface area contributed by atoms with Crippen molar-refractivity contribution in [2.45, 2.75) is 38.1 Å². The summed E-state index contributed by atoms with van der Waals surface area (Å²) in [5.74, 6) is 4.06. The predicted molar refractivity (Wildman–Crippen MR) is 120 cm³/mol. The van der Waals surface area contributed by atoms with Crippen LogP contribution < -0.4 is 14.8 Å². The zero-order chi connectivity index (χ0) is 22.1. The van der Waals surface area contributed by atoms with E-state index in [0.29, 0.717) is 28.9 Å². The van der Waals surface area contributed by atoms with Crippen LogP contribution in [0.4, 0.5) is 0 Å². The maximum absolute atomic E-state index is 12.2. The van der Waals surface area contributed by atoms with E-state index < -0.39 is 0 Å². The van der Waals surface area contributed by atoms with E-state index in [1.165, 1.54) is 0 Å². The maximum atomic E-state index is 12.2. The van der Waals surface area contributed by atoms with Crippen LogP contribution in [0.1, 0.15) is 37.7 Å². The molecule has 1 fully saturated rings. The van der Waals surface area contributed by atoms with Crippen LogP contribution >= 0.6 is 11.6 Å². The molecule has 0 bridgehead atoms. The lowest BCUT2D eigenvalue weighted by Crippen LogP contribution is -2.40. The second kappa shape index (κ2) is 11.4. The van der Waals surface area contributed by atoms with Crippen molar-refractivity contribution in [2.24, 2.45) is 5.92 Å². The normalized spacial score (nSPS) is 17.9. The average molecular weight is 440 g/mol. The third kappa shape index (κ3) is 7.66. The van der Waals surface area contributed by atoms with Gasteiger partial charge in [-0.25, -0.2) is 0 Å². The number of rotatable bonds is 9. The number of carbonyl (C=O) groups excluding carboxylic acids is 2. The van der Waals surface area contributed by atoms with Crippen LogP contribution in [0.5, 0.6) is 11.5 Å². The lowest BCUT2D eigenvalue weighted by atomic mass is 9.83. The first-order valence-corrected chi connectivity index (χ1v) is 10.8. The van der Waals surface area contributed by atoms with Crippen LogP contribution in [0.25, 0.3) is 0 Å². The standard InChI is InChI=1S/C25H26ClNO4/c1-2-18-5-11-23(12-6-18)31-17-25(29)27-21-9-3-19(4-10-21)15-22(28)16-30-24-13-7-20(26)8-14-24/h1,5-8,11-14,19,21H,3-4,9-10,15-17H2,(H,27,29). The topological polar surface area (TPSA) is 64.6 Å². The number of carbonyl (C=O) groups is 2. The molecule has 1 amide bonds. The van der Waals surface area contributed by atoms with E-state index in [9.17, 15) is 9.59 Å². The molecule has 0 unspecified atom stereocenters. The zero-order valence-corrected chi connectivity index (χ0v) is 18.1. The van der Waals surface area contributed by atoms with Gasteiger partial charge in [0.15, 0.2) is 12.4 Å². The smallest absolute Gasteiger partial charge is 0.258 e. The van der Waals surface area contributed by atoms with E-state index in [2.05, 4.69) is 11.2 Å². The van der Waals surface area contributed by atoms with Crippen molar-refractivity contribution in [2.75, 3.05) is 13.2 Å². The monoisotopic (exact) mass is 439 g/mol. The molecular weight excluding hydrogens is 414 g/mol. The number of nitrogens with one attached hydrogen (secondary N) is 1. The van der Waals surface area contributed by atoms with Crippen molar-refractivity contribution < 1.29 is 19.1 Å². The highest BCUT2D eigenvalue weighted by Gasteiger charge is 2.24. The molecule has 0 atom stereocenters. The van der Waals surface area contributed by atoms with Crippen molar-refractivity contribution in [3.8, 4) is 23.8 Å². The minimum Gasteiger partial charge on any atom is -0.486 e. The quantitative estimate of drug-likeness (QED) is 0.587. The summed E-state index contributed by atoms with van der Waals surface area (Å²) >= 11 is 5.84. The highest BCUT2D eigenvalue weighted by atomic mass is 35.5. The molecule has 1 aliphatic rings. The molecule has 1 N–H and O–H groups in total. The molecule has 0 aliphatic heterocycles. The van der Waals surface area contributed by atoms with Gasteiger partial charge in [-0.3, -0.25) is 9.59 Å². The number of Topliss-reactive ketones (excluding diaryl/α,β-unsaturated/α-hetero) is 1. The highest BCUT2D eigenvalue weighted by molar-refractivity contribution is 6.30. The fourth-order valence-corrected chi connectivity index (χ4v) is 3.78. The van der Waals surface area contributed by atoms with Crippen molar-refractivity contribution in [3.63, 3.8) is 0 Å². The largest absolute Gasteiger partial charge is 0.486 e. The molecule has 6 heteroatoms. The number of amides is 1. The van der Waals surface area contributed by atoms with Crippen LogP contribution in [0.3, 0.4) is 0 Å². The first-order chi connectivity index (χ1) is 15.0. The third-order valence-corrected chi connectivity index (χ3v) is 5.58. The van der Waals surface area contributed by atoms with Gasteiger partial charge >= 0.3 is 0 Å². The number of hydrogen-bond acceptors (Lipinski definition) is 4. The van der Waals surface area contributed by atoms with E-state index in [0.717, 1.165) is 31.2 Å². The Balaban J connectivity index is 1.31. The highest BCUT2D eigenvalue weighted by Crippen LogP contribution is 2.27. The molecule has 1 saturated carbocycles. The molecule has 2 aromatic rings. The van der Waals surface area contributed by atoms with E-state index in [1.807, 2.05) is 0 Å². The molecule has 3 rings (SSSR count). The van der Waals surface area contributed by atoms with Crippen molar-refractivity contribution in [1.29, 1.82) is 0 Å². The Bertz CT molecular complexity index is 910. The summed E-state index contributed by atoms with van der Waals surface area (Å²) in [5.41, 5.74) is 0.767. The molecule has 1 aliphatic carbocycles. The number of terminal acetylenes is 1. The Morgan fingerprint density at radius 1 is 0.935 bits per heavy atom. The summed E-state index contributed by atoms with van der Waals surface area (Å²) in [5, 5.41) is 3.65. The van der Waals surface area contributed by atoms with Gasteiger partial charge in [0.2, 0.25) is 0 Å². The Kier molecular flexibility index (Phi) is 8.37. The minimum atomic E-state index is -0.142. The second-order valence-corrected chi connectivity index (χ2v) is 8.16. The number of benzene rings is 2. The Morgan fingerprint density at radius 3 is 2.13 bits per heavy atom. The van der Waals surface area contributed by atoms with Gasteiger partial charge in [-0.1, -0.05) is 17.5 Å². The molecule has 0 saturated heterocycles. The summed E-state index contributed by atoms with van der Waals surface area (Å²) in [6, 6.07) is 14.1. The molecule has 2 aromatic carbocycles. The first-order valence-electron chi connectivity index (χ1n) is 10.4. The van der Waals surface area contributed by atoms with E-state index >= 15 is 0 Å². The summed E-state index contributed by atoms with van der Waals surface area (Å²) < 4.78 is 11.0. The summed E-state index contributed by atoms with van der Waals surface area (Å²) in [6.07, 6.45) is 9.36.